The quantitative estimate of drug-likeness (QED) is 0.516. The highest BCUT2D eigenvalue weighted by Crippen LogP contribution is 2.29. The van der Waals surface area contributed by atoms with Gasteiger partial charge in [0.25, 0.3) is 0 Å². The summed E-state index contributed by atoms with van der Waals surface area (Å²) in [6.07, 6.45) is 1.99. The van der Waals surface area contributed by atoms with Crippen molar-refractivity contribution in [3.8, 4) is 5.69 Å². The number of aromatic amines is 1. The van der Waals surface area contributed by atoms with E-state index in [1.807, 2.05) is 35.1 Å². The van der Waals surface area contributed by atoms with Crippen molar-refractivity contribution in [1.29, 1.82) is 0 Å². The first-order chi connectivity index (χ1) is 9.61. The third-order valence-corrected chi connectivity index (χ3v) is 4.41. The van der Waals surface area contributed by atoms with Crippen LogP contribution < -0.4 is 0 Å². The molecule has 0 aliphatic heterocycles. The van der Waals surface area contributed by atoms with E-state index in [9.17, 15) is 4.39 Å². The van der Waals surface area contributed by atoms with Gasteiger partial charge in [0.1, 0.15) is 5.82 Å². The number of para-hydroxylation sites is 1. The van der Waals surface area contributed by atoms with Gasteiger partial charge >= 0.3 is 0 Å². The molecule has 3 aromatic rings. The monoisotopic (exact) mass is 324 g/mol. The lowest BCUT2D eigenvalue weighted by Crippen LogP contribution is -1.96. The number of hydrogen-bond donors (Lipinski definition) is 1. The molecule has 0 unspecified atom stereocenters. The zero-order valence-corrected chi connectivity index (χ0v) is 12.9. The molecule has 1 N–H and O–H groups in total. The second-order valence-electron chi connectivity index (χ2n) is 4.22. The lowest BCUT2D eigenvalue weighted by atomic mass is 10.2. The molecule has 0 aliphatic carbocycles. The van der Waals surface area contributed by atoms with Crippen LogP contribution in [0.3, 0.4) is 0 Å². The molecule has 1 aromatic heterocycles. The molecule has 0 atom stereocenters. The highest BCUT2D eigenvalue weighted by Gasteiger charge is 2.12. The van der Waals surface area contributed by atoms with Crippen molar-refractivity contribution in [3.63, 3.8) is 0 Å². The van der Waals surface area contributed by atoms with Gasteiger partial charge in [-0.15, -0.1) is 11.8 Å². The molecule has 20 heavy (non-hydrogen) atoms. The van der Waals surface area contributed by atoms with Crippen molar-refractivity contribution in [3.05, 3.63) is 52.0 Å². The number of rotatable bonds is 2. The number of aromatic nitrogens is 2. The summed E-state index contributed by atoms with van der Waals surface area (Å²) in [6, 6.07) is 10.8. The van der Waals surface area contributed by atoms with E-state index < -0.39 is 5.82 Å². The van der Waals surface area contributed by atoms with Gasteiger partial charge in [-0.05, 0) is 36.7 Å². The van der Waals surface area contributed by atoms with E-state index in [0.29, 0.717) is 10.3 Å². The molecule has 102 valence electrons. The maximum atomic E-state index is 13.7. The molecule has 0 spiro atoms. The molecule has 6 heteroatoms. The highest BCUT2D eigenvalue weighted by atomic mass is 35.5. The Morgan fingerprint density at radius 1 is 1.30 bits per heavy atom. The average molecular weight is 325 g/mol. The van der Waals surface area contributed by atoms with Crippen LogP contribution in [0.4, 0.5) is 4.39 Å². The number of benzene rings is 2. The second kappa shape index (κ2) is 5.24. The first-order valence-corrected chi connectivity index (χ1v) is 7.86. The van der Waals surface area contributed by atoms with Gasteiger partial charge in [-0.25, -0.2) is 4.39 Å². The van der Waals surface area contributed by atoms with E-state index in [2.05, 4.69) is 4.98 Å². The fourth-order valence-electron chi connectivity index (χ4n) is 2.16. The summed E-state index contributed by atoms with van der Waals surface area (Å²) in [6.45, 7) is 0. The van der Waals surface area contributed by atoms with Gasteiger partial charge in [0.2, 0.25) is 0 Å². The average Bonchev–Trinajstić information content (AvgIpc) is 2.74. The third-order valence-electron chi connectivity index (χ3n) is 3.05. The first kappa shape index (κ1) is 13.7. The lowest BCUT2D eigenvalue weighted by Gasteiger charge is -2.09. The number of fused-ring (bicyclic) bond motifs is 1. The van der Waals surface area contributed by atoms with Crippen LogP contribution >= 0.6 is 35.6 Å². The van der Waals surface area contributed by atoms with Gasteiger partial charge in [-0.1, -0.05) is 23.7 Å². The summed E-state index contributed by atoms with van der Waals surface area (Å²) in [7, 11) is 0. The Morgan fingerprint density at radius 2 is 2.05 bits per heavy atom. The van der Waals surface area contributed by atoms with E-state index in [0.717, 1.165) is 16.1 Å². The van der Waals surface area contributed by atoms with E-state index in [-0.39, 0.29) is 5.02 Å². The fourth-order valence-corrected chi connectivity index (χ4v) is 3.21. The molecular formula is C14H10ClFN2S2. The number of imidazole rings is 1. The van der Waals surface area contributed by atoms with Crippen LogP contribution in [-0.4, -0.2) is 15.8 Å². The number of H-pyrrole nitrogens is 1. The minimum absolute atomic E-state index is 0.0825. The lowest BCUT2D eigenvalue weighted by molar-refractivity contribution is 0.629. The van der Waals surface area contributed by atoms with Crippen molar-refractivity contribution < 1.29 is 4.39 Å². The molecule has 0 bridgehead atoms. The van der Waals surface area contributed by atoms with Crippen LogP contribution in [0, 0.1) is 10.6 Å². The summed E-state index contributed by atoms with van der Waals surface area (Å²) in [4.78, 5) is 4.13. The van der Waals surface area contributed by atoms with Gasteiger partial charge in [0.15, 0.2) is 4.77 Å². The number of thioether (sulfide) groups is 1. The van der Waals surface area contributed by atoms with Crippen LogP contribution in [0.5, 0.6) is 0 Å². The first-order valence-electron chi connectivity index (χ1n) is 5.85. The predicted octanol–water partition coefficient (Wildman–Crippen LogP) is 5.20. The number of halogens is 2. The van der Waals surface area contributed by atoms with E-state index in [1.165, 1.54) is 6.07 Å². The van der Waals surface area contributed by atoms with Crippen LogP contribution in [0.25, 0.3) is 16.7 Å². The predicted molar refractivity (Wildman–Crippen MR) is 85.2 cm³/mol. The van der Waals surface area contributed by atoms with Crippen molar-refractivity contribution in [1.82, 2.24) is 9.55 Å². The van der Waals surface area contributed by atoms with E-state index >= 15 is 0 Å². The molecule has 2 nitrogen and oxygen atoms in total. The molecule has 1 heterocycles. The van der Waals surface area contributed by atoms with Crippen molar-refractivity contribution in [2.45, 2.75) is 4.90 Å². The zero-order chi connectivity index (χ0) is 14.3. The number of hydrogen-bond acceptors (Lipinski definition) is 2. The Balaban J connectivity index is 2.39. The summed E-state index contributed by atoms with van der Waals surface area (Å²) < 4.78 is 16.1. The summed E-state index contributed by atoms with van der Waals surface area (Å²) in [5, 5.41) is 0.0825. The molecule has 0 radical (unpaired) electrons. The smallest absolute Gasteiger partial charge is 0.182 e. The standard InChI is InChI=1S/C14H10ClFN2S2/c1-20-13-5-3-2-4-11(13)18-12-7-9(16)8(15)6-10(12)17-14(18)19/h2-7H,1H3,(H,17,19). The molecule has 0 saturated carbocycles. The largest absolute Gasteiger partial charge is 0.330 e. The number of nitrogens with zero attached hydrogens (tertiary/aromatic N) is 1. The maximum Gasteiger partial charge on any atom is 0.182 e. The zero-order valence-electron chi connectivity index (χ0n) is 10.5. The third kappa shape index (κ3) is 2.16. The molecular weight excluding hydrogens is 315 g/mol. The fraction of sp³-hybridized carbons (Fsp3) is 0.0714. The highest BCUT2D eigenvalue weighted by molar-refractivity contribution is 7.98. The van der Waals surface area contributed by atoms with Crippen molar-refractivity contribution in [2.24, 2.45) is 0 Å². The number of nitrogens with one attached hydrogen (secondary N) is 1. The second-order valence-corrected chi connectivity index (χ2v) is 5.86. The Kier molecular flexibility index (Phi) is 3.58. The summed E-state index contributed by atoms with van der Waals surface area (Å²) in [5.74, 6) is -0.455. The summed E-state index contributed by atoms with van der Waals surface area (Å²) >= 11 is 12.8. The van der Waals surface area contributed by atoms with Crippen LogP contribution in [0.2, 0.25) is 5.02 Å². The molecule has 0 aliphatic rings. The van der Waals surface area contributed by atoms with Gasteiger partial charge < -0.3 is 4.98 Å². The molecule has 3 rings (SSSR count). The molecule has 0 fully saturated rings. The van der Waals surface area contributed by atoms with Gasteiger partial charge in [0, 0.05) is 11.0 Å². The Bertz CT molecular complexity index is 854. The van der Waals surface area contributed by atoms with Gasteiger partial charge in [-0.2, -0.15) is 0 Å². The maximum absolute atomic E-state index is 13.7. The van der Waals surface area contributed by atoms with E-state index in [1.54, 1.807) is 17.8 Å². The van der Waals surface area contributed by atoms with E-state index in [4.69, 9.17) is 23.8 Å². The Labute approximate surface area is 129 Å². The van der Waals surface area contributed by atoms with Crippen molar-refractivity contribution >= 4 is 46.6 Å². The van der Waals surface area contributed by atoms with Gasteiger partial charge in [-0.3, -0.25) is 4.57 Å². The normalized spacial score (nSPS) is 11.2. The SMILES string of the molecule is CSc1ccccc1-n1c(=S)[nH]c2cc(Cl)c(F)cc21. The van der Waals surface area contributed by atoms with Crippen LogP contribution in [0.1, 0.15) is 0 Å². The minimum atomic E-state index is -0.455. The van der Waals surface area contributed by atoms with Crippen molar-refractivity contribution in [2.75, 3.05) is 6.26 Å². The Morgan fingerprint density at radius 3 is 2.80 bits per heavy atom. The van der Waals surface area contributed by atoms with Gasteiger partial charge in [0.05, 0.1) is 21.7 Å². The molecule has 0 amide bonds. The molecule has 2 aromatic carbocycles. The van der Waals surface area contributed by atoms with Crippen LogP contribution in [0.15, 0.2) is 41.3 Å². The van der Waals surface area contributed by atoms with Crippen LogP contribution in [-0.2, 0) is 0 Å². The Hall–Kier alpha value is -1.30. The topological polar surface area (TPSA) is 20.7 Å². The molecule has 0 saturated heterocycles. The summed E-state index contributed by atoms with van der Waals surface area (Å²) in [5.41, 5.74) is 2.33. The minimum Gasteiger partial charge on any atom is -0.330 e.